The number of carboxylic acids is 1. The van der Waals surface area contributed by atoms with Crippen LogP contribution in [0.25, 0.3) is 0 Å². The van der Waals surface area contributed by atoms with Gasteiger partial charge < -0.3 is 9.84 Å². The zero-order valence-corrected chi connectivity index (χ0v) is 16.3. The fourth-order valence-electron chi connectivity index (χ4n) is 1.75. The van der Waals surface area contributed by atoms with Crippen LogP contribution < -0.4 is 4.74 Å². The average Bonchev–Trinajstić information content (AvgIpc) is 2.48. The molecule has 5 nitrogen and oxygen atoms in total. The van der Waals surface area contributed by atoms with Gasteiger partial charge in [0.2, 0.25) is 0 Å². The topological polar surface area (TPSA) is 72.3 Å². The van der Waals surface area contributed by atoms with Crippen molar-refractivity contribution in [2.24, 2.45) is 0 Å². The maximum Gasteiger partial charge on any atom is 0.337 e. The van der Waals surface area contributed by atoms with Gasteiger partial charge in [-0.3, -0.25) is 0 Å². The average molecular weight is 383 g/mol. The van der Waals surface area contributed by atoms with E-state index in [2.05, 4.69) is 29.6 Å². The first-order valence-electron chi connectivity index (χ1n) is 7.41. The molecule has 0 unspecified atom stereocenters. The minimum atomic E-state index is -1.16. The number of carbonyl (C=O) groups is 1. The third-order valence-corrected chi connectivity index (χ3v) is 6.04. The molecule has 0 aliphatic heterocycles. The molecule has 0 atom stereocenters. The van der Waals surface area contributed by atoms with Crippen LogP contribution in [0.4, 0.5) is 0 Å². The second kappa shape index (κ2) is 8.00. The Hall–Kier alpha value is -1.57. The van der Waals surface area contributed by atoms with E-state index in [1.807, 2.05) is 0 Å². The van der Waals surface area contributed by atoms with Crippen LogP contribution in [0.5, 0.6) is 6.01 Å². The van der Waals surface area contributed by atoms with Crippen LogP contribution in [0.15, 0.2) is 40.4 Å². The molecule has 128 valence electrons. The van der Waals surface area contributed by atoms with Gasteiger partial charge in [-0.05, 0) is 30.3 Å². The molecule has 1 heterocycles. The molecule has 0 radical (unpaired) electrons. The number of nitrogens with zero attached hydrogens (tertiary/aromatic N) is 2. The molecule has 1 aromatic carbocycles. The van der Waals surface area contributed by atoms with E-state index in [1.165, 1.54) is 17.8 Å². The number of benzene rings is 1. The summed E-state index contributed by atoms with van der Waals surface area (Å²) in [5.41, 5.74) is 0.0716. The monoisotopic (exact) mass is 382 g/mol. The number of aromatic nitrogens is 2. The quantitative estimate of drug-likeness (QED) is 0.552. The van der Waals surface area contributed by atoms with Gasteiger partial charge in [0.05, 0.1) is 17.2 Å². The number of hydrogen-bond acceptors (Lipinski definition) is 5. The Kier molecular flexibility index (Phi) is 6.25. The van der Waals surface area contributed by atoms with Crippen molar-refractivity contribution in [2.45, 2.75) is 35.6 Å². The molecule has 0 fully saturated rings. The summed E-state index contributed by atoms with van der Waals surface area (Å²) < 4.78 is 5.63. The minimum absolute atomic E-state index is 0.0716. The molecular weight excluding hydrogens is 364 g/mol. The van der Waals surface area contributed by atoms with Crippen LogP contribution in [-0.4, -0.2) is 35.7 Å². The van der Waals surface area contributed by atoms with Crippen molar-refractivity contribution in [1.82, 2.24) is 9.97 Å². The van der Waals surface area contributed by atoms with Gasteiger partial charge in [0, 0.05) is 19.2 Å². The first-order chi connectivity index (χ1) is 11.2. The number of halogens is 1. The van der Waals surface area contributed by atoms with Gasteiger partial charge in [-0.1, -0.05) is 43.0 Å². The Morgan fingerprint density at radius 1 is 1.33 bits per heavy atom. The smallest absolute Gasteiger partial charge is 0.337 e. The van der Waals surface area contributed by atoms with Crippen molar-refractivity contribution < 1.29 is 14.6 Å². The molecule has 0 saturated heterocycles. The molecule has 1 N–H and O–H groups in total. The van der Waals surface area contributed by atoms with Gasteiger partial charge in [0.25, 0.3) is 0 Å². The highest BCUT2D eigenvalue weighted by molar-refractivity contribution is 7.99. The summed E-state index contributed by atoms with van der Waals surface area (Å²) in [6, 6.07) is 7.99. The van der Waals surface area contributed by atoms with E-state index < -0.39 is 14.0 Å². The molecule has 0 saturated carbocycles. The zero-order chi connectivity index (χ0) is 17.7. The molecular formula is C16H19ClN2O3SSi. The molecule has 8 heteroatoms. The fraction of sp³-hybridized carbons (Fsp3) is 0.312. The van der Waals surface area contributed by atoms with Crippen LogP contribution in [0.1, 0.15) is 10.4 Å². The summed E-state index contributed by atoms with van der Waals surface area (Å²) in [4.78, 5) is 20.3. The van der Waals surface area contributed by atoms with Crippen molar-refractivity contribution in [3.63, 3.8) is 0 Å². The van der Waals surface area contributed by atoms with Crippen molar-refractivity contribution >= 4 is 37.4 Å². The predicted octanol–water partition coefficient (Wildman–Crippen LogP) is 4.70. The lowest BCUT2D eigenvalue weighted by Crippen LogP contribution is -2.22. The van der Waals surface area contributed by atoms with Crippen LogP contribution in [0, 0.1) is 0 Å². The third kappa shape index (κ3) is 5.81. The minimum Gasteiger partial charge on any atom is -0.478 e. The number of carboxylic acid groups (broad SMARTS) is 1. The standard InChI is InChI=1S/C16H19ClN2O3SSi/c1-24(2,3)9-8-22-16-18-7-6-14(19-16)23-11-4-5-13(17)12(10-11)15(20)21/h4-7,10H,8-9H2,1-3H3,(H,20,21). The molecule has 0 amide bonds. The van der Waals surface area contributed by atoms with Gasteiger partial charge in [0.1, 0.15) is 5.03 Å². The normalized spacial score (nSPS) is 11.3. The van der Waals surface area contributed by atoms with Gasteiger partial charge >= 0.3 is 12.0 Å². The molecule has 2 rings (SSSR count). The van der Waals surface area contributed by atoms with Gasteiger partial charge in [-0.15, -0.1) is 0 Å². The second-order valence-corrected chi connectivity index (χ2v) is 13.5. The van der Waals surface area contributed by atoms with E-state index >= 15 is 0 Å². The Morgan fingerprint density at radius 2 is 2.08 bits per heavy atom. The van der Waals surface area contributed by atoms with Crippen LogP contribution in [0.3, 0.4) is 0 Å². The summed E-state index contributed by atoms with van der Waals surface area (Å²) in [5, 5.41) is 10.0. The largest absolute Gasteiger partial charge is 0.478 e. The maximum absolute atomic E-state index is 11.1. The molecule has 0 bridgehead atoms. The van der Waals surface area contributed by atoms with E-state index in [4.69, 9.17) is 21.4 Å². The van der Waals surface area contributed by atoms with Crippen molar-refractivity contribution in [1.29, 1.82) is 0 Å². The van der Waals surface area contributed by atoms with Crippen molar-refractivity contribution in [3.8, 4) is 6.01 Å². The van der Waals surface area contributed by atoms with Gasteiger partial charge in [-0.25, -0.2) is 9.78 Å². The zero-order valence-electron chi connectivity index (χ0n) is 13.7. The molecule has 2 aromatic rings. The SMILES string of the molecule is C[Si](C)(C)CCOc1nccc(Sc2ccc(Cl)c(C(=O)O)c2)n1. The van der Waals surface area contributed by atoms with Crippen LogP contribution >= 0.6 is 23.4 Å². The Labute approximate surface area is 151 Å². The highest BCUT2D eigenvalue weighted by Gasteiger charge is 2.14. The first-order valence-corrected chi connectivity index (χ1v) is 12.3. The number of ether oxygens (including phenoxy) is 1. The number of hydrogen-bond donors (Lipinski definition) is 1. The summed E-state index contributed by atoms with van der Waals surface area (Å²) in [6.45, 7) is 7.45. The molecule has 1 aromatic heterocycles. The molecule has 0 aliphatic carbocycles. The summed E-state index contributed by atoms with van der Waals surface area (Å²) in [5.74, 6) is -1.06. The summed E-state index contributed by atoms with van der Waals surface area (Å²) >= 11 is 7.22. The second-order valence-electron chi connectivity index (χ2n) is 6.39. The van der Waals surface area contributed by atoms with E-state index in [9.17, 15) is 4.79 Å². The third-order valence-electron chi connectivity index (χ3n) is 3.08. The van der Waals surface area contributed by atoms with Crippen molar-refractivity contribution in [3.05, 3.63) is 41.0 Å². The lowest BCUT2D eigenvalue weighted by Gasteiger charge is -2.15. The number of rotatable bonds is 7. The maximum atomic E-state index is 11.1. The summed E-state index contributed by atoms with van der Waals surface area (Å²) in [6.07, 6.45) is 1.63. The lowest BCUT2D eigenvalue weighted by atomic mass is 10.2. The fourth-order valence-corrected chi connectivity index (χ4v) is 3.47. The van der Waals surface area contributed by atoms with E-state index in [1.54, 1.807) is 24.4 Å². The first kappa shape index (κ1) is 18.8. The Bertz CT molecular complexity index is 738. The molecule has 24 heavy (non-hydrogen) atoms. The van der Waals surface area contributed by atoms with E-state index in [-0.39, 0.29) is 10.6 Å². The highest BCUT2D eigenvalue weighted by Crippen LogP contribution is 2.30. The predicted molar refractivity (Wildman–Crippen MR) is 98.2 cm³/mol. The van der Waals surface area contributed by atoms with Crippen LogP contribution in [-0.2, 0) is 0 Å². The van der Waals surface area contributed by atoms with Gasteiger partial charge in [-0.2, -0.15) is 4.98 Å². The Morgan fingerprint density at radius 3 is 2.75 bits per heavy atom. The lowest BCUT2D eigenvalue weighted by molar-refractivity contribution is 0.0697. The summed E-state index contributed by atoms with van der Waals surface area (Å²) in [7, 11) is -1.16. The van der Waals surface area contributed by atoms with Gasteiger partial charge in [0.15, 0.2) is 0 Å². The van der Waals surface area contributed by atoms with E-state index in [0.717, 1.165) is 10.9 Å². The molecule has 0 spiro atoms. The number of aromatic carboxylic acids is 1. The van der Waals surface area contributed by atoms with Crippen molar-refractivity contribution in [2.75, 3.05) is 6.61 Å². The van der Waals surface area contributed by atoms with Crippen LogP contribution in [0.2, 0.25) is 30.7 Å². The molecule has 0 aliphatic rings. The van der Waals surface area contributed by atoms with E-state index in [0.29, 0.717) is 17.6 Å². The Balaban J connectivity index is 2.07. The highest BCUT2D eigenvalue weighted by atomic mass is 35.5.